The normalized spacial score (nSPS) is 17.9. The number of ether oxygens (including phenoxy) is 1. The summed E-state index contributed by atoms with van der Waals surface area (Å²) in [6.45, 7) is 6.75. The van der Waals surface area contributed by atoms with Crippen molar-refractivity contribution in [2.24, 2.45) is 0 Å². The molecule has 28 heavy (non-hydrogen) atoms. The number of fused-ring (bicyclic) bond motifs is 1. The Balaban J connectivity index is 1.27. The molecule has 2 aliphatic rings. The third kappa shape index (κ3) is 3.29. The Bertz CT molecular complexity index is 931. The quantitative estimate of drug-likeness (QED) is 0.662. The van der Waals surface area contributed by atoms with Crippen LogP contribution in [0.15, 0.2) is 36.9 Å². The van der Waals surface area contributed by atoms with Gasteiger partial charge in [0, 0.05) is 50.9 Å². The van der Waals surface area contributed by atoms with Gasteiger partial charge in [-0.1, -0.05) is 0 Å². The van der Waals surface area contributed by atoms with E-state index < -0.39 is 0 Å². The topological polar surface area (TPSA) is 83.4 Å². The van der Waals surface area contributed by atoms with Crippen molar-refractivity contribution in [2.45, 2.75) is 0 Å². The molecule has 144 valence electrons. The SMILES string of the molecule is c1cc2c(N3CCN(c4ccc(N5CCOCC5)nn4)CC3)ncnc2cn1. The van der Waals surface area contributed by atoms with Gasteiger partial charge in [-0.2, -0.15) is 0 Å². The van der Waals surface area contributed by atoms with Crippen molar-refractivity contribution < 1.29 is 4.74 Å². The lowest BCUT2D eigenvalue weighted by molar-refractivity contribution is 0.122. The molecule has 2 aliphatic heterocycles. The van der Waals surface area contributed by atoms with E-state index in [0.29, 0.717) is 0 Å². The second-order valence-electron chi connectivity index (χ2n) is 6.91. The summed E-state index contributed by atoms with van der Waals surface area (Å²) in [4.78, 5) is 19.8. The van der Waals surface area contributed by atoms with Crippen LogP contribution in [0, 0.1) is 0 Å². The van der Waals surface area contributed by atoms with Gasteiger partial charge in [0.2, 0.25) is 0 Å². The Morgan fingerprint density at radius 2 is 1.43 bits per heavy atom. The monoisotopic (exact) mass is 378 g/mol. The molecule has 0 N–H and O–H groups in total. The first-order chi connectivity index (χ1) is 13.9. The molecule has 3 aromatic heterocycles. The minimum atomic E-state index is 0.749. The second-order valence-corrected chi connectivity index (χ2v) is 6.91. The summed E-state index contributed by atoms with van der Waals surface area (Å²) in [6.07, 6.45) is 5.18. The molecule has 2 fully saturated rings. The Morgan fingerprint density at radius 1 is 0.750 bits per heavy atom. The van der Waals surface area contributed by atoms with Crippen molar-refractivity contribution in [3.8, 4) is 0 Å². The molecule has 3 aromatic rings. The maximum Gasteiger partial charge on any atom is 0.151 e. The van der Waals surface area contributed by atoms with Gasteiger partial charge in [-0.3, -0.25) is 4.98 Å². The van der Waals surface area contributed by atoms with E-state index in [2.05, 4.69) is 52.0 Å². The Kier molecular flexibility index (Phi) is 4.58. The lowest BCUT2D eigenvalue weighted by atomic mass is 10.2. The predicted octanol–water partition coefficient (Wildman–Crippen LogP) is 0.978. The standard InChI is InChI=1S/C19H22N8O/c1-2-18(26-9-11-28-12-10-26)24-23-17(1)25-5-7-27(8-6-25)19-15-3-4-20-13-16(15)21-14-22-19/h1-4,13-14H,5-12H2. The van der Waals surface area contributed by atoms with E-state index in [1.54, 1.807) is 18.7 Å². The number of nitrogens with zero attached hydrogens (tertiary/aromatic N) is 8. The number of piperazine rings is 1. The van der Waals surface area contributed by atoms with E-state index >= 15 is 0 Å². The van der Waals surface area contributed by atoms with Crippen LogP contribution in [0.4, 0.5) is 17.5 Å². The largest absolute Gasteiger partial charge is 0.378 e. The molecular formula is C19H22N8O. The first-order valence-corrected chi connectivity index (χ1v) is 9.59. The van der Waals surface area contributed by atoms with Crippen LogP contribution in [0.1, 0.15) is 0 Å². The zero-order valence-electron chi connectivity index (χ0n) is 15.6. The van der Waals surface area contributed by atoms with Gasteiger partial charge >= 0.3 is 0 Å². The van der Waals surface area contributed by atoms with E-state index in [-0.39, 0.29) is 0 Å². The minimum Gasteiger partial charge on any atom is -0.378 e. The molecule has 0 aliphatic carbocycles. The number of morpholine rings is 1. The van der Waals surface area contributed by atoms with Crippen molar-refractivity contribution in [2.75, 3.05) is 67.2 Å². The average Bonchev–Trinajstić information content (AvgIpc) is 2.80. The van der Waals surface area contributed by atoms with Crippen LogP contribution in [-0.4, -0.2) is 77.6 Å². The summed E-state index contributed by atoms with van der Waals surface area (Å²) in [5, 5.41) is 9.94. The highest BCUT2D eigenvalue weighted by Crippen LogP contribution is 2.24. The fraction of sp³-hybridized carbons (Fsp3) is 0.421. The maximum absolute atomic E-state index is 5.40. The molecule has 9 heteroatoms. The molecule has 9 nitrogen and oxygen atoms in total. The van der Waals surface area contributed by atoms with E-state index in [1.807, 2.05) is 6.07 Å². The summed E-state index contributed by atoms with van der Waals surface area (Å²) in [6, 6.07) is 6.11. The zero-order chi connectivity index (χ0) is 18.8. The van der Waals surface area contributed by atoms with Crippen LogP contribution in [0.5, 0.6) is 0 Å². The highest BCUT2D eigenvalue weighted by atomic mass is 16.5. The third-order valence-corrected chi connectivity index (χ3v) is 5.29. The maximum atomic E-state index is 5.40. The van der Waals surface area contributed by atoms with Crippen molar-refractivity contribution in [3.63, 3.8) is 0 Å². The minimum absolute atomic E-state index is 0.749. The molecule has 0 aromatic carbocycles. The number of hydrogen-bond donors (Lipinski definition) is 0. The number of pyridine rings is 1. The van der Waals surface area contributed by atoms with Gasteiger partial charge in [-0.05, 0) is 18.2 Å². The fourth-order valence-corrected chi connectivity index (χ4v) is 3.74. The van der Waals surface area contributed by atoms with E-state index in [9.17, 15) is 0 Å². The lowest BCUT2D eigenvalue weighted by Crippen LogP contribution is -2.47. The second kappa shape index (κ2) is 7.51. The van der Waals surface area contributed by atoms with Crippen LogP contribution in [0.3, 0.4) is 0 Å². The molecule has 0 spiro atoms. The first-order valence-electron chi connectivity index (χ1n) is 9.59. The molecule has 0 unspecified atom stereocenters. The van der Waals surface area contributed by atoms with Crippen molar-refractivity contribution in [1.82, 2.24) is 25.1 Å². The molecule has 0 radical (unpaired) electrons. The van der Waals surface area contributed by atoms with Gasteiger partial charge in [0.05, 0.1) is 24.9 Å². The predicted molar refractivity (Wildman–Crippen MR) is 107 cm³/mol. The van der Waals surface area contributed by atoms with E-state index in [0.717, 1.165) is 80.8 Å². The van der Waals surface area contributed by atoms with Crippen LogP contribution in [0.2, 0.25) is 0 Å². The highest BCUT2D eigenvalue weighted by Gasteiger charge is 2.21. The first kappa shape index (κ1) is 17.1. The van der Waals surface area contributed by atoms with Gasteiger partial charge < -0.3 is 19.4 Å². The van der Waals surface area contributed by atoms with Crippen molar-refractivity contribution >= 4 is 28.4 Å². The van der Waals surface area contributed by atoms with Crippen LogP contribution >= 0.6 is 0 Å². The molecular weight excluding hydrogens is 356 g/mol. The van der Waals surface area contributed by atoms with E-state index in [1.165, 1.54) is 0 Å². The molecule has 0 atom stereocenters. The zero-order valence-corrected chi connectivity index (χ0v) is 15.6. The van der Waals surface area contributed by atoms with E-state index in [4.69, 9.17) is 4.74 Å². The Labute approximate surface area is 163 Å². The molecule has 0 bridgehead atoms. The van der Waals surface area contributed by atoms with Gasteiger partial charge in [0.1, 0.15) is 12.1 Å². The molecule has 0 saturated carbocycles. The van der Waals surface area contributed by atoms with Crippen molar-refractivity contribution in [3.05, 3.63) is 36.9 Å². The van der Waals surface area contributed by atoms with Crippen LogP contribution in [0.25, 0.3) is 10.9 Å². The number of hydrogen-bond acceptors (Lipinski definition) is 9. The van der Waals surface area contributed by atoms with Gasteiger partial charge in [0.25, 0.3) is 0 Å². The summed E-state index contributed by atoms with van der Waals surface area (Å²) < 4.78 is 5.40. The van der Waals surface area contributed by atoms with Gasteiger partial charge in [-0.25, -0.2) is 9.97 Å². The summed E-state index contributed by atoms with van der Waals surface area (Å²) in [5.41, 5.74) is 0.875. The lowest BCUT2D eigenvalue weighted by Gasteiger charge is -2.36. The number of aromatic nitrogens is 5. The van der Waals surface area contributed by atoms with Gasteiger partial charge in [-0.15, -0.1) is 10.2 Å². The summed E-state index contributed by atoms with van der Waals surface area (Å²) in [5.74, 6) is 2.82. The van der Waals surface area contributed by atoms with Crippen LogP contribution in [-0.2, 0) is 4.74 Å². The van der Waals surface area contributed by atoms with Crippen molar-refractivity contribution in [1.29, 1.82) is 0 Å². The van der Waals surface area contributed by atoms with Gasteiger partial charge in [0.15, 0.2) is 11.6 Å². The average molecular weight is 378 g/mol. The van der Waals surface area contributed by atoms with Crippen LogP contribution < -0.4 is 14.7 Å². The number of anilines is 3. The highest BCUT2D eigenvalue weighted by molar-refractivity contribution is 5.88. The third-order valence-electron chi connectivity index (χ3n) is 5.29. The molecule has 0 amide bonds. The molecule has 2 saturated heterocycles. The summed E-state index contributed by atoms with van der Waals surface area (Å²) >= 11 is 0. The smallest absolute Gasteiger partial charge is 0.151 e. The summed E-state index contributed by atoms with van der Waals surface area (Å²) in [7, 11) is 0. The molecule has 5 rings (SSSR count). The number of rotatable bonds is 3. The Morgan fingerprint density at radius 3 is 2.14 bits per heavy atom. The molecule has 5 heterocycles. The fourth-order valence-electron chi connectivity index (χ4n) is 3.74. The Hall–Kier alpha value is -3.07.